The van der Waals surface area contributed by atoms with Gasteiger partial charge in [0.15, 0.2) is 0 Å². The van der Waals surface area contributed by atoms with Crippen LogP contribution in [0.15, 0.2) is 24.3 Å². The summed E-state index contributed by atoms with van der Waals surface area (Å²) in [6.45, 7) is 7.19. The zero-order valence-electron chi connectivity index (χ0n) is 10.6. The zero-order valence-corrected chi connectivity index (χ0v) is 10.6. The van der Waals surface area contributed by atoms with E-state index < -0.39 is 11.2 Å². The summed E-state index contributed by atoms with van der Waals surface area (Å²) < 4.78 is 0. The van der Waals surface area contributed by atoms with Crippen molar-refractivity contribution >= 4 is 0 Å². The molecule has 90 valence electrons. The van der Waals surface area contributed by atoms with Crippen LogP contribution in [0.25, 0.3) is 0 Å². The van der Waals surface area contributed by atoms with Gasteiger partial charge >= 0.3 is 0 Å². The van der Waals surface area contributed by atoms with Gasteiger partial charge in [0.05, 0.1) is 11.2 Å². The minimum Gasteiger partial charge on any atom is -0.390 e. The van der Waals surface area contributed by atoms with E-state index in [2.05, 4.69) is 0 Å². The second kappa shape index (κ2) is 4.56. The van der Waals surface area contributed by atoms with Crippen LogP contribution in [0.5, 0.6) is 0 Å². The number of aliphatic hydroxyl groups is 2. The van der Waals surface area contributed by atoms with Crippen LogP contribution in [0.4, 0.5) is 0 Å². The molecule has 0 saturated heterocycles. The summed E-state index contributed by atoms with van der Waals surface area (Å²) in [5.41, 5.74) is 0.707. The molecule has 1 rings (SSSR count). The lowest BCUT2D eigenvalue weighted by Gasteiger charge is -2.19. The summed E-state index contributed by atoms with van der Waals surface area (Å²) in [4.78, 5) is 0. The molecule has 2 N–H and O–H groups in total. The molecule has 16 heavy (non-hydrogen) atoms. The van der Waals surface area contributed by atoms with Gasteiger partial charge in [-0.25, -0.2) is 0 Å². The highest BCUT2D eigenvalue weighted by Crippen LogP contribution is 2.21. The summed E-state index contributed by atoms with van der Waals surface area (Å²) in [7, 11) is 0. The molecule has 0 amide bonds. The molecule has 0 saturated carbocycles. The van der Waals surface area contributed by atoms with E-state index in [1.54, 1.807) is 13.8 Å². The maximum atomic E-state index is 9.80. The Hall–Kier alpha value is -0.860. The van der Waals surface area contributed by atoms with Gasteiger partial charge in [0.2, 0.25) is 0 Å². The second-order valence-corrected chi connectivity index (χ2v) is 5.57. The van der Waals surface area contributed by atoms with Crippen molar-refractivity contribution in [2.24, 2.45) is 0 Å². The first-order valence-corrected chi connectivity index (χ1v) is 5.73. The number of hydrogen-bond donors (Lipinski definition) is 2. The Bertz CT molecular complexity index is 325. The second-order valence-electron chi connectivity index (χ2n) is 5.57. The van der Waals surface area contributed by atoms with Crippen molar-refractivity contribution in [1.29, 1.82) is 0 Å². The summed E-state index contributed by atoms with van der Waals surface area (Å²) in [5, 5.41) is 19.4. The molecule has 0 radical (unpaired) electrons. The molecule has 2 heteroatoms. The first kappa shape index (κ1) is 13.2. The molecule has 0 fully saturated rings. The zero-order chi connectivity index (χ0) is 12.4. The predicted molar refractivity (Wildman–Crippen MR) is 66.3 cm³/mol. The van der Waals surface area contributed by atoms with Gasteiger partial charge in [-0.05, 0) is 51.7 Å². The van der Waals surface area contributed by atoms with Crippen LogP contribution in [0.3, 0.4) is 0 Å². The smallest absolute Gasteiger partial charge is 0.0840 e. The van der Waals surface area contributed by atoms with E-state index in [9.17, 15) is 10.2 Å². The average Bonchev–Trinajstić information content (AvgIpc) is 2.13. The van der Waals surface area contributed by atoms with Crippen molar-refractivity contribution < 1.29 is 10.2 Å². The summed E-state index contributed by atoms with van der Waals surface area (Å²) in [5.74, 6) is 0. The van der Waals surface area contributed by atoms with Gasteiger partial charge in [-0.1, -0.05) is 24.3 Å². The van der Waals surface area contributed by atoms with Gasteiger partial charge in [-0.2, -0.15) is 0 Å². The fourth-order valence-electron chi connectivity index (χ4n) is 1.53. The lowest BCUT2D eigenvalue weighted by atomic mass is 9.94. The average molecular weight is 222 g/mol. The van der Waals surface area contributed by atoms with Crippen LogP contribution < -0.4 is 0 Å². The van der Waals surface area contributed by atoms with E-state index in [0.29, 0.717) is 0 Å². The third kappa shape index (κ3) is 4.33. The van der Waals surface area contributed by atoms with Gasteiger partial charge in [-0.15, -0.1) is 0 Å². The lowest BCUT2D eigenvalue weighted by molar-refractivity contribution is 0.0711. The van der Waals surface area contributed by atoms with Gasteiger partial charge in [0.25, 0.3) is 0 Å². The highest BCUT2D eigenvalue weighted by Gasteiger charge is 2.16. The molecule has 0 aromatic heterocycles. The fraction of sp³-hybridized carbons (Fsp3) is 0.571. The van der Waals surface area contributed by atoms with Crippen LogP contribution in [0.2, 0.25) is 0 Å². The number of benzene rings is 1. The van der Waals surface area contributed by atoms with Crippen molar-refractivity contribution in [2.75, 3.05) is 0 Å². The topological polar surface area (TPSA) is 40.5 Å². The minimum absolute atomic E-state index is 0.616. The van der Waals surface area contributed by atoms with E-state index in [0.717, 1.165) is 18.4 Å². The Balaban J connectivity index is 2.66. The van der Waals surface area contributed by atoms with Crippen molar-refractivity contribution in [3.8, 4) is 0 Å². The Kier molecular flexibility index (Phi) is 3.76. The molecule has 0 heterocycles. The third-order valence-corrected chi connectivity index (χ3v) is 2.69. The first-order valence-electron chi connectivity index (χ1n) is 5.73. The molecular weight excluding hydrogens is 200 g/mol. The number of aryl methyl sites for hydroxylation is 1. The van der Waals surface area contributed by atoms with E-state index >= 15 is 0 Å². The van der Waals surface area contributed by atoms with Crippen molar-refractivity contribution in [3.05, 3.63) is 35.4 Å². The van der Waals surface area contributed by atoms with Crippen molar-refractivity contribution in [2.45, 2.75) is 51.7 Å². The molecule has 1 aromatic carbocycles. The van der Waals surface area contributed by atoms with E-state index in [4.69, 9.17) is 0 Å². The molecule has 0 aliphatic heterocycles. The number of rotatable bonds is 4. The highest BCUT2D eigenvalue weighted by molar-refractivity contribution is 5.26. The van der Waals surface area contributed by atoms with Crippen LogP contribution in [-0.2, 0) is 12.0 Å². The van der Waals surface area contributed by atoms with Crippen molar-refractivity contribution in [1.82, 2.24) is 0 Å². The van der Waals surface area contributed by atoms with Crippen LogP contribution in [0.1, 0.15) is 45.2 Å². The Morgan fingerprint density at radius 3 is 1.81 bits per heavy atom. The molecule has 0 unspecified atom stereocenters. The maximum Gasteiger partial charge on any atom is 0.0840 e. The number of hydrogen-bond acceptors (Lipinski definition) is 2. The highest BCUT2D eigenvalue weighted by atomic mass is 16.3. The Morgan fingerprint density at radius 2 is 1.44 bits per heavy atom. The van der Waals surface area contributed by atoms with Crippen LogP contribution in [-0.4, -0.2) is 15.8 Å². The standard InChI is InChI=1S/C14H22O2/c1-13(2,15)10-9-11-5-7-12(8-6-11)14(3,4)16/h5-8,15-16H,9-10H2,1-4H3. The van der Waals surface area contributed by atoms with Gasteiger partial charge < -0.3 is 10.2 Å². The third-order valence-electron chi connectivity index (χ3n) is 2.69. The van der Waals surface area contributed by atoms with E-state index in [-0.39, 0.29) is 0 Å². The quantitative estimate of drug-likeness (QED) is 0.822. The molecule has 0 spiro atoms. The first-order chi connectivity index (χ1) is 7.18. The largest absolute Gasteiger partial charge is 0.390 e. The molecule has 0 bridgehead atoms. The van der Waals surface area contributed by atoms with Gasteiger partial charge in [0.1, 0.15) is 0 Å². The fourth-order valence-corrected chi connectivity index (χ4v) is 1.53. The summed E-state index contributed by atoms with van der Waals surface area (Å²) in [6.07, 6.45) is 1.60. The maximum absolute atomic E-state index is 9.80. The summed E-state index contributed by atoms with van der Waals surface area (Å²) in [6, 6.07) is 7.91. The lowest BCUT2D eigenvalue weighted by Crippen LogP contribution is -2.19. The monoisotopic (exact) mass is 222 g/mol. The normalized spacial score (nSPS) is 12.9. The van der Waals surface area contributed by atoms with E-state index in [1.807, 2.05) is 38.1 Å². The molecule has 2 nitrogen and oxygen atoms in total. The predicted octanol–water partition coefficient (Wildman–Crippen LogP) is 2.62. The molecule has 0 aliphatic rings. The van der Waals surface area contributed by atoms with Crippen LogP contribution >= 0.6 is 0 Å². The Morgan fingerprint density at radius 1 is 0.938 bits per heavy atom. The molecule has 1 aromatic rings. The molecule has 0 atom stereocenters. The molecule has 0 aliphatic carbocycles. The minimum atomic E-state index is -0.783. The van der Waals surface area contributed by atoms with Gasteiger partial charge in [-0.3, -0.25) is 0 Å². The summed E-state index contributed by atoms with van der Waals surface area (Å²) >= 11 is 0. The van der Waals surface area contributed by atoms with Crippen LogP contribution in [0, 0.1) is 0 Å². The Labute approximate surface area is 97.9 Å². The van der Waals surface area contributed by atoms with Gasteiger partial charge in [0, 0.05) is 0 Å². The van der Waals surface area contributed by atoms with E-state index in [1.165, 1.54) is 5.56 Å². The SMILES string of the molecule is CC(C)(O)CCc1ccc(C(C)(C)O)cc1. The van der Waals surface area contributed by atoms with Crippen molar-refractivity contribution in [3.63, 3.8) is 0 Å². The molecular formula is C14H22O2.